The van der Waals surface area contributed by atoms with Crippen molar-refractivity contribution in [2.75, 3.05) is 40.4 Å². The average molecular weight is 337 g/mol. The maximum absolute atomic E-state index is 13.7. The fraction of sp³-hybridized carbons (Fsp3) is 0.611. The molecule has 0 aromatic heterocycles. The Morgan fingerprint density at radius 3 is 2.92 bits per heavy atom. The molecule has 1 heterocycles. The Bertz CT molecular complexity index is 533. The van der Waals surface area contributed by atoms with Gasteiger partial charge in [0.1, 0.15) is 6.10 Å². The highest BCUT2D eigenvalue weighted by Gasteiger charge is 2.19. The molecule has 24 heavy (non-hydrogen) atoms. The lowest BCUT2D eigenvalue weighted by Gasteiger charge is -2.26. The van der Waals surface area contributed by atoms with E-state index in [1.807, 2.05) is 14.0 Å². The van der Waals surface area contributed by atoms with Crippen molar-refractivity contribution >= 4 is 5.96 Å². The van der Waals surface area contributed by atoms with Gasteiger partial charge < -0.3 is 19.7 Å². The molecule has 0 aliphatic carbocycles. The fourth-order valence-electron chi connectivity index (χ4n) is 2.78. The Morgan fingerprint density at radius 2 is 2.29 bits per heavy atom. The monoisotopic (exact) mass is 337 g/mol. The summed E-state index contributed by atoms with van der Waals surface area (Å²) in [6.45, 7) is 5.16. The Kier molecular flexibility index (Phi) is 7.31. The minimum Gasteiger partial charge on any atom is -0.486 e. The van der Waals surface area contributed by atoms with Crippen molar-refractivity contribution < 1.29 is 13.9 Å². The maximum atomic E-state index is 13.7. The summed E-state index contributed by atoms with van der Waals surface area (Å²) in [4.78, 5) is 6.43. The zero-order chi connectivity index (χ0) is 17.4. The second-order valence-corrected chi connectivity index (χ2v) is 6.12. The second-order valence-electron chi connectivity index (χ2n) is 6.12. The van der Waals surface area contributed by atoms with Gasteiger partial charge in [-0.3, -0.25) is 4.99 Å². The zero-order valence-electron chi connectivity index (χ0n) is 14.8. The summed E-state index contributed by atoms with van der Waals surface area (Å²) in [7, 11) is 3.79. The van der Waals surface area contributed by atoms with Gasteiger partial charge in [-0.2, -0.15) is 0 Å². The molecule has 2 unspecified atom stereocenters. The van der Waals surface area contributed by atoms with Gasteiger partial charge in [0.05, 0.1) is 13.2 Å². The SMILES string of the molecule is CCC(CNC(=NC)N(C)CC1CCOC1)Oc1ccccc1F. The van der Waals surface area contributed by atoms with Gasteiger partial charge in [0, 0.05) is 33.2 Å². The number of rotatable bonds is 7. The van der Waals surface area contributed by atoms with E-state index < -0.39 is 0 Å². The average Bonchev–Trinajstić information content (AvgIpc) is 3.09. The van der Waals surface area contributed by atoms with Crippen LogP contribution in [0.25, 0.3) is 0 Å². The van der Waals surface area contributed by atoms with Gasteiger partial charge in [-0.25, -0.2) is 4.39 Å². The normalized spacial score (nSPS) is 19.2. The molecule has 1 N–H and O–H groups in total. The lowest BCUT2D eigenvalue weighted by atomic mass is 10.1. The Hall–Kier alpha value is -1.82. The second kappa shape index (κ2) is 9.47. The lowest BCUT2D eigenvalue weighted by Crippen LogP contribution is -2.45. The first kappa shape index (κ1) is 18.5. The summed E-state index contributed by atoms with van der Waals surface area (Å²) in [5.41, 5.74) is 0. The third kappa shape index (κ3) is 5.37. The van der Waals surface area contributed by atoms with E-state index in [-0.39, 0.29) is 17.7 Å². The van der Waals surface area contributed by atoms with Crippen LogP contribution in [0.4, 0.5) is 4.39 Å². The summed E-state index contributed by atoms with van der Waals surface area (Å²) in [5.74, 6) is 1.32. The summed E-state index contributed by atoms with van der Waals surface area (Å²) in [5, 5.41) is 3.32. The Balaban J connectivity index is 1.84. The van der Waals surface area contributed by atoms with Crippen molar-refractivity contribution in [2.24, 2.45) is 10.9 Å². The molecule has 134 valence electrons. The molecule has 0 amide bonds. The molecule has 6 heteroatoms. The van der Waals surface area contributed by atoms with Crippen LogP contribution < -0.4 is 10.1 Å². The van der Waals surface area contributed by atoms with Crippen LogP contribution in [-0.4, -0.2) is 57.4 Å². The molecule has 0 bridgehead atoms. The van der Waals surface area contributed by atoms with Crippen LogP contribution in [0.15, 0.2) is 29.3 Å². The molecule has 1 saturated heterocycles. The van der Waals surface area contributed by atoms with E-state index in [2.05, 4.69) is 15.2 Å². The quantitative estimate of drug-likeness (QED) is 0.613. The number of hydrogen-bond donors (Lipinski definition) is 1. The van der Waals surface area contributed by atoms with E-state index >= 15 is 0 Å². The zero-order valence-corrected chi connectivity index (χ0v) is 14.8. The molecule has 5 nitrogen and oxygen atoms in total. The maximum Gasteiger partial charge on any atom is 0.193 e. The summed E-state index contributed by atoms with van der Waals surface area (Å²) in [6, 6.07) is 6.49. The van der Waals surface area contributed by atoms with Crippen molar-refractivity contribution in [2.45, 2.75) is 25.9 Å². The van der Waals surface area contributed by atoms with Crippen molar-refractivity contribution in [1.82, 2.24) is 10.2 Å². The third-order valence-corrected chi connectivity index (χ3v) is 4.20. The topological polar surface area (TPSA) is 46.1 Å². The van der Waals surface area contributed by atoms with Gasteiger partial charge in [0.2, 0.25) is 0 Å². The van der Waals surface area contributed by atoms with Crippen molar-refractivity contribution in [3.05, 3.63) is 30.1 Å². The van der Waals surface area contributed by atoms with Crippen LogP contribution in [-0.2, 0) is 4.74 Å². The van der Waals surface area contributed by atoms with Crippen LogP contribution >= 0.6 is 0 Å². The van der Waals surface area contributed by atoms with Gasteiger partial charge in [-0.05, 0) is 25.0 Å². The van der Waals surface area contributed by atoms with E-state index in [9.17, 15) is 4.39 Å². The van der Waals surface area contributed by atoms with E-state index in [4.69, 9.17) is 9.47 Å². The van der Waals surface area contributed by atoms with E-state index in [0.717, 1.165) is 38.6 Å². The first-order valence-corrected chi connectivity index (χ1v) is 8.54. The first-order valence-electron chi connectivity index (χ1n) is 8.54. The summed E-state index contributed by atoms with van der Waals surface area (Å²) in [6.07, 6.45) is 1.75. The highest BCUT2D eigenvalue weighted by Crippen LogP contribution is 2.18. The summed E-state index contributed by atoms with van der Waals surface area (Å²) >= 11 is 0. The van der Waals surface area contributed by atoms with E-state index in [0.29, 0.717) is 12.5 Å². The molecule has 2 rings (SSSR count). The standard InChI is InChI=1S/C18H28FN3O2/c1-4-15(24-17-8-6-5-7-16(17)19)11-21-18(20-2)22(3)12-14-9-10-23-13-14/h5-8,14-15H,4,9-13H2,1-3H3,(H,20,21). The van der Waals surface area contributed by atoms with Gasteiger partial charge in [0.15, 0.2) is 17.5 Å². The Labute approximate surface area is 143 Å². The molecule has 1 fully saturated rings. The predicted octanol–water partition coefficient (Wildman–Crippen LogP) is 2.53. The molecule has 1 aliphatic rings. The van der Waals surface area contributed by atoms with Crippen molar-refractivity contribution in [3.8, 4) is 5.75 Å². The molecular formula is C18H28FN3O2. The van der Waals surface area contributed by atoms with Crippen LogP contribution in [0.1, 0.15) is 19.8 Å². The molecule has 1 aliphatic heterocycles. The van der Waals surface area contributed by atoms with Crippen LogP contribution in [0, 0.1) is 11.7 Å². The number of para-hydroxylation sites is 1. The fourth-order valence-corrected chi connectivity index (χ4v) is 2.78. The lowest BCUT2D eigenvalue weighted by molar-refractivity contribution is 0.179. The highest BCUT2D eigenvalue weighted by molar-refractivity contribution is 5.79. The van der Waals surface area contributed by atoms with Crippen LogP contribution in [0.2, 0.25) is 0 Å². The Morgan fingerprint density at radius 1 is 1.50 bits per heavy atom. The molecule has 0 spiro atoms. The van der Waals surface area contributed by atoms with E-state index in [1.165, 1.54) is 6.07 Å². The summed E-state index contributed by atoms with van der Waals surface area (Å²) < 4.78 is 24.9. The predicted molar refractivity (Wildman–Crippen MR) is 94.0 cm³/mol. The van der Waals surface area contributed by atoms with Gasteiger partial charge in [-0.1, -0.05) is 19.1 Å². The van der Waals surface area contributed by atoms with Gasteiger partial charge >= 0.3 is 0 Å². The van der Waals surface area contributed by atoms with Crippen LogP contribution in [0.3, 0.4) is 0 Å². The molecule has 1 aromatic carbocycles. The number of guanidine groups is 1. The minimum atomic E-state index is -0.335. The number of nitrogens with one attached hydrogen (secondary N) is 1. The minimum absolute atomic E-state index is 0.123. The number of benzene rings is 1. The van der Waals surface area contributed by atoms with Crippen LogP contribution in [0.5, 0.6) is 5.75 Å². The number of aliphatic imine (C=N–C) groups is 1. The number of ether oxygens (including phenoxy) is 2. The van der Waals surface area contributed by atoms with Gasteiger partial charge in [0.25, 0.3) is 0 Å². The third-order valence-electron chi connectivity index (χ3n) is 4.20. The molecule has 1 aromatic rings. The van der Waals surface area contributed by atoms with Gasteiger partial charge in [-0.15, -0.1) is 0 Å². The number of halogens is 1. The number of hydrogen-bond acceptors (Lipinski definition) is 3. The molecular weight excluding hydrogens is 309 g/mol. The number of nitrogens with zero attached hydrogens (tertiary/aromatic N) is 2. The smallest absolute Gasteiger partial charge is 0.193 e. The first-order chi connectivity index (χ1) is 11.6. The molecule has 2 atom stereocenters. The molecule has 0 saturated carbocycles. The molecule has 0 radical (unpaired) electrons. The highest BCUT2D eigenvalue weighted by atomic mass is 19.1. The largest absolute Gasteiger partial charge is 0.486 e. The van der Waals surface area contributed by atoms with Crippen molar-refractivity contribution in [3.63, 3.8) is 0 Å². The van der Waals surface area contributed by atoms with E-state index in [1.54, 1.807) is 25.2 Å². The van der Waals surface area contributed by atoms with Crippen molar-refractivity contribution in [1.29, 1.82) is 0 Å².